The van der Waals surface area contributed by atoms with Crippen molar-refractivity contribution in [2.24, 2.45) is 0 Å². The number of nitrogens with zero attached hydrogens (tertiary/aromatic N) is 4. The zero-order valence-electron chi connectivity index (χ0n) is 28.2. The highest BCUT2D eigenvalue weighted by Crippen LogP contribution is 2.41. The van der Waals surface area contributed by atoms with Crippen molar-refractivity contribution in [1.29, 1.82) is 0 Å². The van der Waals surface area contributed by atoms with E-state index in [0.717, 1.165) is 54.5 Å². The second-order valence-corrected chi connectivity index (χ2v) is 14.5. The Hall–Kier alpha value is -3.66. The third kappa shape index (κ3) is 7.12. The molecule has 7 rings (SSSR count). The number of hydrogen-bond donors (Lipinski definition) is 1. The normalized spacial score (nSPS) is 21.3. The van der Waals surface area contributed by atoms with Crippen molar-refractivity contribution in [3.63, 3.8) is 0 Å². The molecule has 2 unspecified atom stereocenters. The molecule has 0 amide bonds. The van der Waals surface area contributed by atoms with Gasteiger partial charge in [0.1, 0.15) is 11.6 Å². The van der Waals surface area contributed by atoms with E-state index in [-0.39, 0.29) is 11.7 Å². The average Bonchev–Trinajstić information content (AvgIpc) is 3.43. The van der Waals surface area contributed by atoms with Crippen LogP contribution in [0, 0.1) is 6.92 Å². The first-order valence-corrected chi connectivity index (χ1v) is 17.0. The fourth-order valence-corrected chi connectivity index (χ4v) is 6.91. The number of aryl methyl sites for hydroxylation is 1. The molecule has 0 aliphatic carbocycles. The highest BCUT2D eigenvalue weighted by Gasteiger charge is 2.38. The number of rotatable bonds is 3. The van der Waals surface area contributed by atoms with Crippen LogP contribution in [0.2, 0.25) is 5.02 Å². The summed E-state index contributed by atoms with van der Waals surface area (Å²) in [5.74, 6) is 0.367. The summed E-state index contributed by atoms with van der Waals surface area (Å²) in [5, 5.41) is 16.2. The fourth-order valence-electron chi connectivity index (χ4n) is 6.63. The van der Waals surface area contributed by atoms with Gasteiger partial charge in [-0.3, -0.25) is 0 Å². The van der Waals surface area contributed by atoms with Gasteiger partial charge in [-0.2, -0.15) is 9.61 Å². The number of fused-ring (bicyclic) bond motifs is 8. The lowest BCUT2D eigenvalue weighted by Crippen LogP contribution is -2.46. The Morgan fingerprint density at radius 2 is 1.83 bits per heavy atom. The third-order valence-electron chi connectivity index (χ3n) is 9.09. The van der Waals surface area contributed by atoms with Gasteiger partial charge in [0.15, 0.2) is 11.8 Å². The van der Waals surface area contributed by atoms with Crippen molar-refractivity contribution < 1.29 is 24.1 Å². The van der Waals surface area contributed by atoms with Crippen LogP contribution in [-0.4, -0.2) is 62.7 Å². The van der Waals surface area contributed by atoms with E-state index in [1.807, 2.05) is 70.2 Å². The van der Waals surface area contributed by atoms with Gasteiger partial charge in [0.25, 0.3) is 0 Å². The predicted molar refractivity (Wildman–Crippen MR) is 185 cm³/mol. The lowest BCUT2D eigenvalue weighted by molar-refractivity contribution is -0.160. The molecular formula is C37H45ClN4O5. The molecule has 1 fully saturated rings. The molecule has 3 aliphatic heterocycles. The standard InChI is InChI=1S/C37H45ClN4O5/c1-23-11-7-8-20-45-37(6)16-18-41(19-17-37)34-31(33(35(43)44)47-36(3,4)5)24(2)39-30-22-28(40-42(30)34)25-12-9-13-26(21-25)32-27(38)14-10-15-29(32)46-23/h9-10,12-15,21-23,33H,7-8,11,16-20H2,1-6H3,(H,43,44). The minimum absolute atomic E-state index is 0.0112. The second-order valence-electron chi connectivity index (χ2n) is 14.1. The van der Waals surface area contributed by atoms with Gasteiger partial charge in [-0.25, -0.2) is 9.78 Å². The molecule has 0 saturated carbocycles. The molecule has 0 spiro atoms. The third-order valence-corrected chi connectivity index (χ3v) is 9.40. The maximum Gasteiger partial charge on any atom is 0.337 e. The van der Waals surface area contributed by atoms with Gasteiger partial charge in [0.05, 0.1) is 33.6 Å². The van der Waals surface area contributed by atoms with Crippen molar-refractivity contribution >= 4 is 29.0 Å². The summed E-state index contributed by atoms with van der Waals surface area (Å²) in [6.07, 6.45) is 3.19. The van der Waals surface area contributed by atoms with E-state index in [9.17, 15) is 9.90 Å². The minimum atomic E-state index is -1.23. The van der Waals surface area contributed by atoms with Gasteiger partial charge in [-0.05, 0) is 97.4 Å². The molecule has 10 heteroatoms. The maximum absolute atomic E-state index is 12.8. The van der Waals surface area contributed by atoms with E-state index in [1.165, 1.54) is 0 Å². The van der Waals surface area contributed by atoms with Gasteiger partial charge in [0.2, 0.25) is 0 Å². The maximum atomic E-state index is 12.8. The van der Waals surface area contributed by atoms with Crippen LogP contribution in [0.4, 0.5) is 5.82 Å². The van der Waals surface area contributed by atoms with E-state index in [2.05, 4.69) is 24.8 Å². The molecule has 5 heterocycles. The van der Waals surface area contributed by atoms with Gasteiger partial charge in [0, 0.05) is 42.6 Å². The molecule has 1 saturated heterocycles. The Labute approximate surface area is 281 Å². The molecule has 3 aliphatic rings. The summed E-state index contributed by atoms with van der Waals surface area (Å²) in [4.78, 5) is 19.9. The number of carbonyl (C=O) groups is 1. The molecule has 250 valence electrons. The van der Waals surface area contributed by atoms with Crippen LogP contribution in [0.5, 0.6) is 5.75 Å². The number of anilines is 1. The first kappa shape index (κ1) is 33.2. The highest BCUT2D eigenvalue weighted by atomic mass is 35.5. The quantitative estimate of drug-likeness (QED) is 0.234. The topological polar surface area (TPSA) is 98.4 Å². The summed E-state index contributed by atoms with van der Waals surface area (Å²) >= 11 is 6.81. The van der Waals surface area contributed by atoms with Gasteiger partial charge in [-0.1, -0.05) is 35.9 Å². The number of aromatic nitrogens is 3. The van der Waals surface area contributed by atoms with Crippen molar-refractivity contribution in [2.75, 3.05) is 24.6 Å². The number of ether oxygens (including phenoxy) is 3. The SMILES string of the molecule is Cc1nc2cc3nn2c(c1C(OC(C)(C)C)C(=O)O)N1CCC(C)(CC1)OCCCCC(C)Oc1cccc(Cl)c1-c1cccc-3c1. The number of carboxylic acid groups (broad SMARTS) is 1. The van der Waals surface area contributed by atoms with Crippen molar-refractivity contribution in [3.8, 4) is 28.1 Å². The van der Waals surface area contributed by atoms with Gasteiger partial charge >= 0.3 is 5.97 Å². The van der Waals surface area contributed by atoms with Crippen LogP contribution in [-0.2, 0) is 14.3 Å². The zero-order chi connectivity index (χ0) is 33.5. The van der Waals surface area contributed by atoms with E-state index < -0.39 is 17.7 Å². The Balaban J connectivity index is 1.54. The number of aliphatic carboxylic acids is 1. The van der Waals surface area contributed by atoms with E-state index in [0.29, 0.717) is 53.1 Å². The van der Waals surface area contributed by atoms with Crippen molar-refractivity contribution in [3.05, 3.63) is 64.8 Å². The molecule has 47 heavy (non-hydrogen) atoms. The van der Waals surface area contributed by atoms with Crippen molar-refractivity contribution in [2.45, 2.75) is 97.1 Å². The lowest BCUT2D eigenvalue weighted by Gasteiger charge is -2.41. The van der Waals surface area contributed by atoms with E-state index in [1.54, 1.807) is 4.52 Å². The predicted octanol–water partition coefficient (Wildman–Crippen LogP) is 8.29. The Morgan fingerprint density at radius 1 is 1.11 bits per heavy atom. The largest absolute Gasteiger partial charge is 0.490 e. The molecule has 2 atom stereocenters. The van der Waals surface area contributed by atoms with Gasteiger partial charge < -0.3 is 24.2 Å². The number of hydrogen-bond acceptors (Lipinski definition) is 7. The van der Waals surface area contributed by atoms with Crippen LogP contribution in [0.1, 0.15) is 84.1 Å². The Morgan fingerprint density at radius 3 is 2.55 bits per heavy atom. The van der Waals surface area contributed by atoms with Gasteiger partial charge in [-0.15, -0.1) is 0 Å². The fraction of sp³-hybridized carbons (Fsp3) is 0.486. The van der Waals surface area contributed by atoms with E-state index >= 15 is 0 Å². The first-order valence-electron chi connectivity index (χ1n) is 16.6. The van der Waals surface area contributed by atoms with Crippen molar-refractivity contribution in [1.82, 2.24) is 14.6 Å². The molecule has 4 aromatic rings. The summed E-state index contributed by atoms with van der Waals surface area (Å²) < 4.78 is 21.0. The van der Waals surface area contributed by atoms with E-state index in [4.69, 9.17) is 35.9 Å². The zero-order valence-corrected chi connectivity index (χ0v) is 28.9. The van der Waals surface area contributed by atoms with Crippen LogP contribution < -0.4 is 9.64 Å². The number of carboxylic acids is 1. The molecule has 0 radical (unpaired) electrons. The van der Waals surface area contributed by atoms with Crippen LogP contribution >= 0.6 is 11.6 Å². The Bertz CT molecular complexity index is 1770. The molecule has 9 nitrogen and oxygen atoms in total. The summed E-state index contributed by atoms with van der Waals surface area (Å²) in [7, 11) is 0. The Kier molecular flexibility index (Phi) is 9.26. The summed E-state index contributed by atoms with van der Waals surface area (Å²) in [6.45, 7) is 13.7. The number of benzene rings is 2. The minimum Gasteiger partial charge on any atom is -0.490 e. The average molecular weight is 661 g/mol. The molecule has 1 N–H and O–H groups in total. The smallest absolute Gasteiger partial charge is 0.337 e. The van der Waals surface area contributed by atoms with Crippen LogP contribution in [0.25, 0.3) is 28.0 Å². The second kappa shape index (κ2) is 13.1. The molecular weight excluding hydrogens is 616 g/mol. The number of halogens is 1. The molecule has 6 bridgehead atoms. The lowest BCUT2D eigenvalue weighted by atomic mass is 9.92. The van der Waals surface area contributed by atoms with Crippen LogP contribution in [0.15, 0.2) is 48.5 Å². The first-order chi connectivity index (χ1) is 22.3. The highest BCUT2D eigenvalue weighted by molar-refractivity contribution is 6.33. The summed E-state index contributed by atoms with van der Waals surface area (Å²) in [5.41, 5.74) is 4.11. The molecule has 2 aromatic heterocycles. The molecule has 2 aromatic carbocycles. The number of piperidine rings is 1. The monoisotopic (exact) mass is 660 g/mol. The van der Waals surface area contributed by atoms with Crippen LogP contribution in [0.3, 0.4) is 0 Å². The summed E-state index contributed by atoms with van der Waals surface area (Å²) in [6, 6.07) is 15.8.